The van der Waals surface area contributed by atoms with E-state index in [1.54, 1.807) is 7.05 Å². The molecule has 6 heteroatoms. The smallest absolute Gasteiger partial charge is 0.214 e. The molecule has 1 aromatic heterocycles. The van der Waals surface area contributed by atoms with Crippen LogP contribution >= 0.6 is 0 Å². The van der Waals surface area contributed by atoms with Gasteiger partial charge in [-0.15, -0.1) is 0 Å². The van der Waals surface area contributed by atoms with Gasteiger partial charge in [0.25, 0.3) is 0 Å². The van der Waals surface area contributed by atoms with Gasteiger partial charge in [0.05, 0.1) is 12.2 Å². The summed E-state index contributed by atoms with van der Waals surface area (Å²) < 4.78 is 11.1. The van der Waals surface area contributed by atoms with Crippen molar-refractivity contribution in [1.29, 1.82) is 0 Å². The normalized spacial score (nSPS) is 15.3. The van der Waals surface area contributed by atoms with Crippen molar-refractivity contribution in [1.82, 2.24) is 15.6 Å². The van der Waals surface area contributed by atoms with Crippen LogP contribution in [0.5, 0.6) is 0 Å². The number of hydrogen-bond acceptors (Lipinski definition) is 4. The Morgan fingerprint density at radius 3 is 2.81 bits per heavy atom. The molecule has 1 saturated carbocycles. The first-order chi connectivity index (χ1) is 10.2. The van der Waals surface area contributed by atoms with Gasteiger partial charge in [0.15, 0.2) is 5.96 Å². The van der Waals surface area contributed by atoms with E-state index in [0.29, 0.717) is 12.4 Å². The number of aliphatic imine (C=N–C) groups is 1. The second-order valence-electron chi connectivity index (χ2n) is 5.47. The van der Waals surface area contributed by atoms with Gasteiger partial charge < -0.3 is 19.8 Å². The van der Waals surface area contributed by atoms with Crippen molar-refractivity contribution in [2.24, 2.45) is 10.9 Å². The van der Waals surface area contributed by atoms with Crippen LogP contribution in [0.15, 0.2) is 9.41 Å². The third kappa shape index (κ3) is 5.75. The van der Waals surface area contributed by atoms with E-state index in [1.807, 2.05) is 13.8 Å². The predicted molar refractivity (Wildman–Crippen MR) is 82.3 cm³/mol. The van der Waals surface area contributed by atoms with Crippen molar-refractivity contribution < 1.29 is 9.15 Å². The molecule has 21 heavy (non-hydrogen) atoms. The van der Waals surface area contributed by atoms with Crippen LogP contribution in [0.3, 0.4) is 0 Å². The summed E-state index contributed by atoms with van der Waals surface area (Å²) in [6, 6.07) is 0. The maximum Gasteiger partial charge on any atom is 0.214 e. The lowest BCUT2D eigenvalue weighted by Gasteiger charge is -2.10. The molecule has 0 unspecified atom stereocenters. The van der Waals surface area contributed by atoms with E-state index in [0.717, 1.165) is 49.5 Å². The van der Waals surface area contributed by atoms with Crippen LogP contribution in [0.2, 0.25) is 0 Å². The van der Waals surface area contributed by atoms with Crippen LogP contribution in [0, 0.1) is 19.8 Å². The van der Waals surface area contributed by atoms with E-state index in [-0.39, 0.29) is 0 Å². The summed E-state index contributed by atoms with van der Waals surface area (Å²) in [4.78, 5) is 8.50. The van der Waals surface area contributed by atoms with E-state index in [1.165, 1.54) is 12.8 Å². The summed E-state index contributed by atoms with van der Waals surface area (Å²) in [5.41, 5.74) is 0.933. The molecule has 2 rings (SSSR count). The summed E-state index contributed by atoms with van der Waals surface area (Å²) in [5, 5.41) is 6.44. The van der Waals surface area contributed by atoms with Crippen molar-refractivity contribution in [2.45, 2.75) is 39.7 Å². The molecule has 2 N–H and O–H groups in total. The highest BCUT2D eigenvalue weighted by Crippen LogP contribution is 2.28. The van der Waals surface area contributed by atoms with E-state index in [9.17, 15) is 0 Å². The Kier molecular flexibility index (Phi) is 6.04. The highest BCUT2D eigenvalue weighted by atomic mass is 16.5. The third-order valence-electron chi connectivity index (χ3n) is 3.51. The Labute approximate surface area is 126 Å². The Balaban J connectivity index is 1.56. The quantitative estimate of drug-likeness (QED) is 0.434. The van der Waals surface area contributed by atoms with Crippen LogP contribution in [0.4, 0.5) is 0 Å². The second kappa shape index (κ2) is 8.02. The van der Waals surface area contributed by atoms with Crippen molar-refractivity contribution in [3.8, 4) is 0 Å². The van der Waals surface area contributed by atoms with Gasteiger partial charge in [-0.3, -0.25) is 4.99 Å². The summed E-state index contributed by atoms with van der Waals surface area (Å²) in [7, 11) is 1.75. The highest BCUT2D eigenvalue weighted by molar-refractivity contribution is 5.79. The van der Waals surface area contributed by atoms with Crippen molar-refractivity contribution in [2.75, 3.05) is 26.8 Å². The minimum absolute atomic E-state index is 0.534. The molecule has 0 bridgehead atoms. The number of aromatic nitrogens is 1. The number of ether oxygens (including phenoxy) is 1. The minimum Gasteiger partial charge on any atom is -0.444 e. The zero-order valence-electron chi connectivity index (χ0n) is 13.2. The maximum absolute atomic E-state index is 5.59. The van der Waals surface area contributed by atoms with Crippen LogP contribution in [-0.2, 0) is 11.3 Å². The van der Waals surface area contributed by atoms with Gasteiger partial charge in [0, 0.05) is 26.8 Å². The molecule has 1 fully saturated rings. The number of rotatable bonds is 8. The zero-order valence-corrected chi connectivity index (χ0v) is 13.2. The molecule has 1 aromatic rings. The monoisotopic (exact) mass is 294 g/mol. The van der Waals surface area contributed by atoms with Gasteiger partial charge >= 0.3 is 0 Å². The molecule has 6 nitrogen and oxygen atoms in total. The molecule has 1 aliphatic carbocycles. The first kappa shape index (κ1) is 15.8. The number of oxazole rings is 1. The van der Waals surface area contributed by atoms with Gasteiger partial charge in [0.1, 0.15) is 5.76 Å². The lowest BCUT2D eigenvalue weighted by molar-refractivity contribution is 0.123. The van der Waals surface area contributed by atoms with Gasteiger partial charge in [-0.1, -0.05) is 0 Å². The van der Waals surface area contributed by atoms with E-state index < -0.39 is 0 Å². The number of nitrogens with one attached hydrogen (secondary N) is 2. The fourth-order valence-corrected chi connectivity index (χ4v) is 1.91. The molecule has 0 amide bonds. The fraction of sp³-hybridized carbons (Fsp3) is 0.733. The highest BCUT2D eigenvalue weighted by Gasteiger charge is 2.20. The summed E-state index contributed by atoms with van der Waals surface area (Å²) in [6.45, 7) is 6.96. The molecule has 1 heterocycles. The predicted octanol–water partition coefficient (Wildman–Crippen LogP) is 1.77. The Morgan fingerprint density at radius 2 is 2.19 bits per heavy atom. The van der Waals surface area contributed by atoms with Crippen LogP contribution in [-0.4, -0.2) is 37.7 Å². The molecule has 0 aromatic carbocycles. The molecular formula is C15H26N4O2. The van der Waals surface area contributed by atoms with Crippen LogP contribution in [0.25, 0.3) is 0 Å². The topological polar surface area (TPSA) is 71.7 Å². The number of guanidine groups is 1. The molecule has 0 radical (unpaired) electrons. The second-order valence-corrected chi connectivity index (χ2v) is 5.47. The summed E-state index contributed by atoms with van der Waals surface area (Å²) >= 11 is 0. The number of nitrogens with zero attached hydrogens (tertiary/aromatic N) is 2. The Morgan fingerprint density at radius 1 is 1.38 bits per heavy atom. The third-order valence-corrected chi connectivity index (χ3v) is 3.51. The number of hydrogen-bond donors (Lipinski definition) is 2. The van der Waals surface area contributed by atoms with Crippen LogP contribution < -0.4 is 10.6 Å². The molecule has 1 aliphatic rings. The van der Waals surface area contributed by atoms with Gasteiger partial charge in [0.2, 0.25) is 5.89 Å². The summed E-state index contributed by atoms with van der Waals surface area (Å²) in [6.07, 6.45) is 3.66. The zero-order chi connectivity index (χ0) is 15.1. The lowest BCUT2D eigenvalue weighted by Crippen LogP contribution is -2.37. The molecule has 0 spiro atoms. The van der Waals surface area contributed by atoms with E-state index in [4.69, 9.17) is 9.15 Å². The standard InChI is InChI=1S/C15H26N4O2/c1-11-12(2)21-14(19-11)9-18-15(16-3)17-7-4-8-20-10-13-5-6-13/h13H,4-10H2,1-3H3,(H2,16,17,18). The molecule has 0 atom stereocenters. The largest absolute Gasteiger partial charge is 0.444 e. The summed E-state index contributed by atoms with van der Waals surface area (Å²) in [5.74, 6) is 3.13. The maximum atomic E-state index is 5.59. The van der Waals surface area contributed by atoms with Crippen LogP contribution in [0.1, 0.15) is 36.6 Å². The van der Waals surface area contributed by atoms with Gasteiger partial charge in [-0.2, -0.15) is 0 Å². The average Bonchev–Trinajstić information content (AvgIpc) is 3.23. The van der Waals surface area contributed by atoms with Crippen molar-refractivity contribution in [3.63, 3.8) is 0 Å². The first-order valence-corrected chi connectivity index (χ1v) is 7.64. The molecule has 0 aliphatic heterocycles. The lowest BCUT2D eigenvalue weighted by atomic mass is 10.4. The molecular weight excluding hydrogens is 268 g/mol. The average molecular weight is 294 g/mol. The van der Waals surface area contributed by atoms with Gasteiger partial charge in [-0.05, 0) is 39.0 Å². The van der Waals surface area contributed by atoms with Crippen molar-refractivity contribution in [3.05, 3.63) is 17.3 Å². The SMILES string of the molecule is CN=C(NCCCOCC1CC1)NCc1nc(C)c(C)o1. The molecule has 0 saturated heterocycles. The first-order valence-electron chi connectivity index (χ1n) is 7.64. The molecule has 118 valence electrons. The minimum atomic E-state index is 0.534. The number of aryl methyl sites for hydroxylation is 2. The fourth-order valence-electron chi connectivity index (χ4n) is 1.91. The van der Waals surface area contributed by atoms with Crippen molar-refractivity contribution >= 4 is 5.96 Å². The van der Waals surface area contributed by atoms with E-state index in [2.05, 4.69) is 20.6 Å². The Hall–Kier alpha value is -1.56. The van der Waals surface area contributed by atoms with Gasteiger partial charge in [-0.25, -0.2) is 4.98 Å². The van der Waals surface area contributed by atoms with E-state index >= 15 is 0 Å². The Bertz CT molecular complexity index is 447.